The largest absolute Gasteiger partial charge is 0.203 e. The molecule has 1 fully saturated rings. The Balaban J connectivity index is 1.55. The maximum atomic E-state index is 15.1. The molecule has 0 atom stereocenters. The second-order valence-electron chi connectivity index (χ2n) is 9.61. The number of hydrogen-bond acceptors (Lipinski definition) is 0. The van der Waals surface area contributed by atoms with Crippen molar-refractivity contribution in [1.82, 2.24) is 0 Å². The fraction of sp³-hybridized carbons (Fsp3) is 0.355. The Morgan fingerprint density at radius 1 is 0.714 bits per heavy atom. The topological polar surface area (TPSA) is 0 Å². The molecule has 0 heterocycles. The predicted molar refractivity (Wildman–Crippen MR) is 135 cm³/mol. The molecular weight excluding hydrogens is 448 g/mol. The van der Waals surface area contributed by atoms with Crippen molar-refractivity contribution in [3.8, 4) is 22.3 Å². The quantitative estimate of drug-likeness (QED) is 0.171. The lowest BCUT2D eigenvalue weighted by Gasteiger charge is -2.27. The first-order chi connectivity index (χ1) is 16.9. The lowest BCUT2D eigenvalue weighted by molar-refractivity contribution is 0.364. The number of hydrogen-bond donors (Lipinski definition) is 0. The van der Waals surface area contributed by atoms with Gasteiger partial charge in [-0.2, -0.15) is 0 Å². The Bertz CT molecular complexity index is 1170. The molecule has 0 spiro atoms. The molecule has 1 aliphatic rings. The fourth-order valence-corrected chi connectivity index (χ4v) is 5.17. The summed E-state index contributed by atoms with van der Waals surface area (Å²) >= 11 is 0. The van der Waals surface area contributed by atoms with E-state index in [1.54, 1.807) is 48.5 Å². The summed E-state index contributed by atoms with van der Waals surface area (Å²) < 4.78 is 59.4. The third-order valence-electron chi connectivity index (χ3n) is 7.38. The van der Waals surface area contributed by atoms with Crippen LogP contribution in [-0.2, 0) is 6.42 Å². The first kappa shape index (κ1) is 25.2. The van der Waals surface area contributed by atoms with Gasteiger partial charge in [-0.3, -0.25) is 0 Å². The molecule has 1 aliphatic carbocycles. The van der Waals surface area contributed by atoms with Crippen LogP contribution in [0, 0.1) is 29.2 Å². The van der Waals surface area contributed by atoms with Gasteiger partial charge in [0.2, 0.25) is 0 Å². The fourth-order valence-electron chi connectivity index (χ4n) is 5.17. The lowest BCUT2D eigenvalue weighted by Crippen LogP contribution is -2.13. The maximum absolute atomic E-state index is 15.1. The summed E-state index contributed by atoms with van der Waals surface area (Å²) in [6.07, 6.45) is 8.77. The predicted octanol–water partition coefficient (Wildman–Crippen LogP) is 9.77. The number of allylic oxidation sites excluding steroid dienone is 1. The van der Waals surface area contributed by atoms with Crippen molar-refractivity contribution in [2.45, 2.75) is 64.2 Å². The SMILES string of the molecule is C=CC1CCC(c2ccc(-c3ccc(-c4ccc(CCCCC)c(F)c4F)cc3)c(F)c2F)CC1. The highest BCUT2D eigenvalue weighted by molar-refractivity contribution is 5.71. The molecular formula is C31H32F4. The van der Waals surface area contributed by atoms with E-state index in [2.05, 4.69) is 13.5 Å². The molecule has 4 rings (SSSR count). The van der Waals surface area contributed by atoms with Crippen LogP contribution in [-0.4, -0.2) is 0 Å². The molecule has 184 valence electrons. The number of aryl methyl sites for hydroxylation is 1. The molecule has 0 saturated heterocycles. The summed E-state index contributed by atoms with van der Waals surface area (Å²) in [7, 11) is 0. The van der Waals surface area contributed by atoms with Crippen LogP contribution in [0.25, 0.3) is 22.3 Å². The summed E-state index contributed by atoms with van der Waals surface area (Å²) in [5.74, 6) is -2.88. The van der Waals surface area contributed by atoms with Crippen LogP contribution in [0.5, 0.6) is 0 Å². The van der Waals surface area contributed by atoms with Gasteiger partial charge >= 0.3 is 0 Å². The van der Waals surface area contributed by atoms with Crippen LogP contribution in [0.1, 0.15) is 68.9 Å². The highest BCUT2D eigenvalue weighted by Gasteiger charge is 2.25. The number of benzene rings is 3. The molecule has 0 N–H and O–H groups in total. The van der Waals surface area contributed by atoms with Crippen LogP contribution < -0.4 is 0 Å². The van der Waals surface area contributed by atoms with E-state index in [1.807, 2.05) is 6.08 Å². The first-order valence-electron chi connectivity index (χ1n) is 12.6. The minimum Gasteiger partial charge on any atom is -0.203 e. The van der Waals surface area contributed by atoms with Gasteiger partial charge in [-0.1, -0.05) is 74.4 Å². The Labute approximate surface area is 205 Å². The summed E-state index contributed by atoms with van der Waals surface area (Å²) in [5.41, 5.74) is 2.11. The average molecular weight is 481 g/mol. The molecule has 0 aromatic heterocycles. The Morgan fingerprint density at radius 3 is 1.86 bits per heavy atom. The van der Waals surface area contributed by atoms with E-state index in [1.165, 1.54) is 0 Å². The monoisotopic (exact) mass is 480 g/mol. The average Bonchev–Trinajstić information content (AvgIpc) is 2.89. The Hall–Kier alpha value is -2.88. The summed E-state index contributed by atoms with van der Waals surface area (Å²) in [4.78, 5) is 0. The molecule has 4 heteroatoms. The molecule has 35 heavy (non-hydrogen) atoms. The molecule has 0 amide bonds. The zero-order valence-electron chi connectivity index (χ0n) is 20.2. The van der Waals surface area contributed by atoms with Gasteiger partial charge in [0, 0.05) is 11.1 Å². The van der Waals surface area contributed by atoms with Crippen molar-refractivity contribution in [1.29, 1.82) is 0 Å². The minimum atomic E-state index is -0.875. The van der Waals surface area contributed by atoms with Crippen molar-refractivity contribution >= 4 is 0 Å². The molecule has 1 saturated carbocycles. The van der Waals surface area contributed by atoms with E-state index >= 15 is 8.78 Å². The van der Waals surface area contributed by atoms with Gasteiger partial charge in [0.15, 0.2) is 23.3 Å². The highest BCUT2D eigenvalue weighted by atomic mass is 19.2. The normalized spacial score (nSPS) is 18.0. The van der Waals surface area contributed by atoms with Gasteiger partial charge in [0.05, 0.1) is 0 Å². The lowest BCUT2D eigenvalue weighted by atomic mass is 9.78. The smallest absolute Gasteiger partial charge is 0.166 e. The maximum Gasteiger partial charge on any atom is 0.166 e. The second kappa shape index (κ2) is 11.2. The van der Waals surface area contributed by atoms with Crippen LogP contribution in [0.3, 0.4) is 0 Å². The van der Waals surface area contributed by atoms with Gasteiger partial charge < -0.3 is 0 Å². The van der Waals surface area contributed by atoms with E-state index < -0.39 is 23.3 Å². The van der Waals surface area contributed by atoms with E-state index in [4.69, 9.17) is 0 Å². The van der Waals surface area contributed by atoms with E-state index in [9.17, 15) is 8.78 Å². The van der Waals surface area contributed by atoms with Gasteiger partial charge in [-0.15, -0.1) is 6.58 Å². The molecule has 0 aliphatic heterocycles. The van der Waals surface area contributed by atoms with E-state index in [-0.39, 0.29) is 17.0 Å². The summed E-state index contributed by atoms with van der Waals surface area (Å²) in [6.45, 7) is 5.90. The standard InChI is InChI=1S/C31H32F4/c1-3-5-6-7-24-16-17-25(29(33)28(24)32)22-12-14-23(15-13-22)27-19-18-26(30(34)31(27)35)21-10-8-20(4-2)9-11-21/h4,12-21H,2-3,5-11H2,1H3. The molecule has 0 radical (unpaired) electrons. The van der Waals surface area contributed by atoms with E-state index in [0.717, 1.165) is 44.9 Å². The van der Waals surface area contributed by atoms with Gasteiger partial charge in [-0.05, 0) is 72.6 Å². The van der Waals surface area contributed by atoms with Gasteiger partial charge in [0.1, 0.15) is 0 Å². The van der Waals surface area contributed by atoms with Gasteiger partial charge in [-0.25, -0.2) is 17.6 Å². The minimum absolute atomic E-state index is 0.0138. The third-order valence-corrected chi connectivity index (χ3v) is 7.38. The van der Waals surface area contributed by atoms with Crippen LogP contribution in [0.2, 0.25) is 0 Å². The molecule has 3 aromatic carbocycles. The highest BCUT2D eigenvalue weighted by Crippen LogP contribution is 2.39. The zero-order valence-corrected chi connectivity index (χ0v) is 20.2. The number of halogens is 4. The zero-order chi connectivity index (χ0) is 24.9. The molecule has 3 aromatic rings. The van der Waals surface area contributed by atoms with Crippen molar-refractivity contribution < 1.29 is 17.6 Å². The van der Waals surface area contributed by atoms with E-state index in [0.29, 0.717) is 34.6 Å². The van der Waals surface area contributed by atoms with Crippen molar-refractivity contribution in [2.75, 3.05) is 0 Å². The Kier molecular flexibility index (Phi) is 8.10. The van der Waals surface area contributed by atoms with Crippen LogP contribution >= 0.6 is 0 Å². The number of rotatable bonds is 8. The number of unbranched alkanes of at least 4 members (excludes halogenated alkanes) is 2. The molecule has 0 nitrogen and oxygen atoms in total. The van der Waals surface area contributed by atoms with Crippen LogP contribution in [0.4, 0.5) is 17.6 Å². The second-order valence-corrected chi connectivity index (χ2v) is 9.61. The molecule has 0 bridgehead atoms. The van der Waals surface area contributed by atoms with Crippen LogP contribution in [0.15, 0.2) is 61.2 Å². The summed E-state index contributed by atoms with van der Waals surface area (Å²) in [6, 6.07) is 13.0. The molecule has 0 unspecified atom stereocenters. The van der Waals surface area contributed by atoms with Crippen molar-refractivity contribution in [3.05, 3.63) is 95.6 Å². The van der Waals surface area contributed by atoms with Gasteiger partial charge in [0.25, 0.3) is 0 Å². The van der Waals surface area contributed by atoms with Crippen molar-refractivity contribution in [2.24, 2.45) is 5.92 Å². The van der Waals surface area contributed by atoms with Crippen molar-refractivity contribution in [3.63, 3.8) is 0 Å². The summed E-state index contributed by atoms with van der Waals surface area (Å²) in [5, 5.41) is 0. The third kappa shape index (κ3) is 5.37. The first-order valence-corrected chi connectivity index (χ1v) is 12.6. The Morgan fingerprint density at radius 2 is 1.29 bits per heavy atom.